The molecular weight excluding hydrogens is 228 g/mol. The Morgan fingerprint density at radius 2 is 1.12 bits per heavy atom. The Balaban J connectivity index is 0. The molecule has 0 unspecified atom stereocenters. The van der Waals surface area contributed by atoms with Gasteiger partial charge in [-0.15, -0.1) is 0 Å². The summed E-state index contributed by atoms with van der Waals surface area (Å²) in [6.07, 6.45) is -0.792. The van der Waals surface area contributed by atoms with Crippen LogP contribution in [0.3, 0.4) is 0 Å². The minimum Gasteiger partial charge on any atom is -0.481 e. The second-order valence-electron chi connectivity index (χ2n) is 2.40. The molecular formula is C6H10N2O8. The van der Waals surface area contributed by atoms with Crippen LogP contribution in [0.1, 0.15) is 12.8 Å². The molecule has 0 saturated heterocycles. The van der Waals surface area contributed by atoms with Crippen LogP contribution in [-0.4, -0.2) is 45.1 Å². The monoisotopic (exact) mass is 238 g/mol. The quantitative estimate of drug-likeness (QED) is 0.461. The van der Waals surface area contributed by atoms with Crippen LogP contribution in [-0.2, 0) is 9.59 Å². The molecule has 0 spiro atoms. The molecule has 0 aromatic rings. The molecule has 0 rings (SSSR count). The Morgan fingerprint density at radius 3 is 1.19 bits per heavy atom. The Morgan fingerprint density at radius 1 is 0.875 bits per heavy atom. The normalized spacial score (nSPS) is 8.50. The van der Waals surface area contributed by atoms with E-state index in [0.29, 0.717) is 0 Å². The highest BCUT2D eigenvalue weighted by molar-refractivity contribution is 5.66. The van der Waals surface area contributed by atoms with Gasteiger partial charge in [-0.3, -0.25) is 29.8 Å². The third kappa shape index (κ3) is 22.6. The van der Waals surface area contributed by atoms with E-state index in [9.17, 15) is 29.8 Å². The van der Waals surface area contributed by atoms with E-state index in [4.69, 9.17) is 10.2 Å². The first-order valence-corrected chi connectivity index (χ1v) is 3.93. The van der Waals surface area contributed by atoms with Crippen LogP contribution in [0.5, 0.6) is 0 Å². The van der Waals surface area contributed by atoms with Crippen LogP contribution in [0.4, 0.5) is 0 Å². The van der Waals surface area contributed by atoms with Crippen LogP contribution >= 0.6 is 0 Å². The maximum Gasteiger partial charge on any atom is 0.310 e. The van der Waals surface area contributed by atoms with Crippen molar-refractivity contribution in [1.82, 2.24) is 0 Å². The van der Waals surface area contributed by atoms with Crippen molar-refractivity contribution >= 4 is 11.9 Å². The van der Waals surface area contributed by atoms with Gasteiger partial charge in [-0.25, -0.2) is 0 Å². The summed E-state index contributed by atoms with van der Waals surface area (Å²) in [7, 11) is 0. The molecule has 0 amide bonds. The third-order valence-electron chi connectivity index (χ3n) is 1.02. The number of carboxylic acid groups (broad SMARTS) is 2. The Hall–Kier alpha value is -2.26. The molecule has 10 nitrogen and oxygen atoms in total. The number of nitro groups is 2. The van der Waals surface area contributed by atoms with E-state index in [1.165, 1.54) is 0 Å². The smallest absolute Gasteiger partial charge is 0.310 e. The lowest BCUT2D eigenvalue weighted by atomic mass is 10.4. The average Bonchev–Trinajstić information content (AvgIpc) is 2.12. The maximum absolute atomic E-state index is 9.60. The number of carbonyl (C=O) groups is 2. The molecule has 0 bridgehead atoms. The molecule has 0 radical (unpaired) electrons. The van der Waals surface area contributed by atoms with Crippen LogP contribution in [0.2, 0.25) is 0 Å². The molecule has 16 heavy (non-hydrogen) atoms. The van der Waals surface area contributed by atoms with Gasteiger partial charge in [0.1, 0.15) is 12.8 Å². The summed E-state index contributed by atoms with van der Waals surface area (Å²) in [6, 6.07) is 0. The first-order chi connectivity index (χ1) is 7.25. The van der Waals surface area contributed by atoms with Crippen LogP contribution in [0, 0.1) is 20.2 Å². The highest BCUT2D eigenvalue weighted by Crippen LogP contribution is 1.78. The predicted molar refractivity (Wildman–Crippen MR) is 48.2 cm³/mol. The largest absolute Gasteiger partial charge is 0.481 e. The molecule has 0 aliphatic carbocycles. The second-order valence-corrected chi connectivity index (χ2v) is 2.40. The maximum atomic E-state index is 9.60. The fourth-order valence-electron chi connectivity index (χ4n) is 0.374. The molecule has 0 heterocycles. The molecule has 92 valence electrons. The molecule has 0 aliphatic rings. The van der Waals surface area contributed by atoms with Gasteiger partial charge in [0.2, 0.25) is 13.1 Å². The van der Waals surface area contributed by atoms with Gasteiger partial charge in [-0.1, -0.05) is 0 Å². The highest BCUT2D eigenvalue weighted by atomic mass is 16.6. The van der Waals surface area contributed by atoms with E-state index >= 15 is 0 Å². The summed E-state index contributed by atoms with van der Waals surface area (Å²) >= 11 is 0. The number of hydrogen-bond donors (Lipinski definition) is 2. The first-order valence-electron chi connectivity index (χ1n) is 3.93. The van der Waals surface area contributed by atoms with Crippen molar-refractivity contribution in [2.75, 3.05) is 13.1 Å². The molecule has 0 aliphatic heterocycles. The van der Waals surface area contributed by atoms with Crippen molar-refractivity contribution in [2.24, 2.45) is 0 Å². The van der Waals surface area contributed by atoms with Crippen molar-refractivity contribution in [2.45, 2.75) is 12.8 Å². The van der Waals surface area contributed by atoms with Crippen molar-refractivity contribution in [1.29, 1.82) is 0 Å². The average molecular weight is 238 g/mol. The van der Waals surface area contributed by atoms with Crippen molar-refractivity contribution in [3.63, 3.8) is 0 Å². The van der Waals surface area contributed by atoms with E-state index in [-0.39, 0.29) is 0 Å². The fourth-order valence-corrected chi connectivity index (χ4v) is 0.374. The minimum atomic E-state index is -1.14. The van der Waals surface area contributed by atoms with Gasteiger partial charge in [0.25, 0.3) is 0 Å². The summed E-state index contributed by atoms with van der Waals surface area (Å²) in [4.78, 5) is 36.8. The van der Waals surface area contributed by atoms with Crippen molar-refractivity contribution in [3.05, 3.63) is 20.2 Å². The molecule has 0 aromatic carbocycles. The van der Waals surface area contributed by atoms with Crippen molar-refractivity contribution in [3.8, 4) is 0 Å². The van der Waals surface area contributed by atoms with E-state index < -0.39 is 47.7 Å². The minimum absolute atomic E-state index is 0.396. The summed E-state index contributed by atoms with van der Waals surface area (Å²) < 4.78 is 0. The lowest BCUT2D eigenvalue weighted by Crippen LogP contribution is -2.06. The molecule has 0 fully saturated rings. The molecule has 10 heteroatoms. The second kappa shape index (κ2) is 9.30. The SMILES string of the molecule is O=C(O)CC[N+](=O)[O-].O=C(O)CC[N+](=O)[O-]. The Bertz CT molecular complexity index is 220. The lowest BCUT2D eigenvalue weighted by Gasteiger charge is -1.84. The molecule has 0 aromatic heterocycles. The van der Waals surface area contributed by atoms with Gasteiger partial charge in [-0.2, -0.15) is 0 Å². The summed E-state index contributed by atoms with van der Waals surface area (Å²) in [5.41, 5.74) is 0. The predicted octanol–water partition coefficient (Wildman–Crippen LogP) is -0.524. The van der Waals surface area contributed by atoms with Crippen LogP contribution < -0.4 is 0 Å². The zero-order valence-corrected chi connectivity index (χ0v) is 8.07. The topological polar surface area (TPSA) is 161 Å². The zero-order valence-electron chi connectivity index (χ0n) is 8.07. The number of hydrogen-bond acceptors (Lipinski definition) is 6. The number of rotatable bonds is 6. The van der Waals surface area contributed by atoms with Crippen LogP contribution in [0.25, 0.3) is 0 Å². The van der Waals surface area contributed by atoms with Gasteiger partial charge in [0.05, 0.1) is 0 Å². The van der Waals surface area contributed by atoms with E-state index in [0.717, 1.165) is 0 Å². The van der Waals surface area contributed by atoms with Gasteiger partial charge >= 0.3 is 11.9 Å². The van der Waals surface area contributed by atoms with E-state index in [1.54, 1.807) is 0 Å². The first kappa shape index (κ1) is 16.2. The van der Waals surface area contributed by atoms with Crippen LogP contribution in [0.15, 0.2) is 0 Å². The lowest BCUT2D eigenvalue weighted by molar-refractivity contribution is -0.479. The van der Waals surface area contributed by atoms with E-state index in [1.807, 2.05) is 0 Å². The number of nitrogens with zero attached hydrogens (tertiary/aromatic N) is 2. The molecule has 0 saturated carbocycles. The highest BCUT2D eigenvalue weighted by Gasteiger charge is 2.02. The molecule has 2 N–H and O–H groups in total. The van der Waals surface area contributed by atoms with E-state index in [2.05, 4.69) is 0 Å². The summed E-state index contributed by atoms with van der Waals surface area (Å²) in [5.74, 6) is -2.27. The Labute approximate surface area is 88.8 Å². The van der Waals surface area contributed by atoms with Gasteiger partial charge in [-0.05, 0) is 0 Å². The van der Waals surface area contributed by atoms with Gasteiger partial charge < -0.3 is 10.2 Å². The number of carboxylic acids is 2. The third-order valence-corrected chi connectivity index (χ3v) is 1.02. The fraction of sp³-hybridized carbons (Fsp3) is 0.667. The Kier molecular flexibility index (Phi) is 9.41. The van der Waals surface area contributed by atoms with Crippen molar-refractivity contribution < 1.29 is 29.6 Å². The molecule has 0 atom stereocenters. The standard InChI is InChI=1S/2C3H5NO4/c2*5-3(6)1-2-4(7)8/h2*1-2H2,(H,5,6). The number of aliphatic carboxylic acids is 2. The van der Waals surface area contributed by atoms with Gasteiger partial charge in [0.15, 0.2) is 0 Å². The summed E-state index contributed by atoms with van der Waals surface area (Å²) in [6.45, 7) is -0.981. The van der Waals surface area contributed by atoms with Gasteiger partial charge in [0, 0.05) is 9.85 Å². The zero-order chi connectivity index (χ0) is 13.1. The summed E-state index contributed by atoms with van der Waals surface area (Å²) in [5, 5.41) is 34.6.